The second-order valence-electron chi connectivity index (χ2n) is 11.1. The Morgan fingerprint density at radius 2 is 1.71 bits per heavy atom. The van der Waals surface area contributed by atoms with Gasteiger partial charge in [-0.1, -0.05) is 12.1 Å². The van der Waals surface area contributed by atoms with Crippen LogP contribution >= 0.6 is 0 Å². The molecule has 7 nitrogen and oxygen atoms in total. The SMILES string of the molecule is CN(C)CCN(C)c1ccc(C(=O)NC2=NCc3ccc(Cc4cc(F)cc(F)c4)cc32)c(NC2CCOCC2)c1. The summed E-state index contributed by atoms with van der Waals surface area (Å²) in [6, 6.07) is 15.5. The van der Waals surface area contributed by atoms with Gasteiger partial charge in [0, 0.05) is 62.4 Å². The molecule has 5 rings (SSSR count). The van der Waals surface area contributed by atoms with Crippen molar-refractivity contribution in [1.29, 1.82) is 0 Å². The van der Waals surface area contributed by atoms with Crippen LogP contribution in [0.25, 0.3) is 0 Å². The van der Waals surface area contributed by atoms with Crippen LogP contribution in [0.15, 0.2) is 59.6 Å². The summed E-state index contributed by atoms with van der Waals surface area (Å²) < 4.78 is 33.0. The Balaban J connectivity index is 1.35. The number of nitrogens with one attached hydrogen (secondary N) is 2. The number of nitrogens with zero attached hydrogens (tertiary/aromatic N) is 3. The van der Waals surface area contributed by atoms with Crippen LogP contribution in [-0.2, 0) is 17.7 Å². The van der Waals surface area contributed by atoms with Crippen molar-refractivity contribution in [3.05, 3.63) is 94.0 Å². The summed E-state index contributed by atoms with van der Waals surface area (Å²) in [6.07, 6.45) is 2.12. The highest BCUT2D eigenvalue weighted by molar-refractivity contribution is 6.15. The van der Waals surface area contributed by atoms with Crippen molar-refractivity contribution in [3.63, 3.8) is 0 Å². The van der Waals surface area contributed by atoms with Gasteiger partial charge in [-0.25, -0.2) is 8.78 Å². The van der Waals surface area contributed by atoms with E-state index in [1.165, 1.54) is 12.1 Å². The zero-order valence-electron chi connectivity index (χ0n) is 23.8. The summed E-state index contributed by atoms with van der Waals surface area (Å²) in [6.45, 7) is 3.62. The van der Waals surface area contributed by atoms with Crippen LogP contribution in [0.3, 0.4) is 0 Å². The van der Waals surface area contributed by atoms with E-state index in [9.17, 15) is 13.6 Å². The first-order valence-corrected chi connectivity index (χ1v) is 14.0. The van der Waals surface area contributed by atoms with E-state index in [4.69, 9.17) is 4.74 Å². The van der Waals surface area contributed by atoms with E-state index in [1.807, 2.05) is 50.5 Å². The third-order valence-corrected chi connectivity index (χ3v) is 7.55. The molecule has 3 aromatic rings. The van der Waals surface area contributed by atoms with Crippen LogP contribution in [0.2, 0.25) is 0 Å². The summed E-state index contributed by atoms with van der Waals surface area (Å²) in [5.41, 5.74) is 5.60. The average Bonchev–Trinajstić information content (AvgIpc) is 3.33. The lowest BCUT2D eigenvalue weighted by Gasteiger charge is -2.27. The molecule has 0 unspecified atom stereocenters. The molecule has 216 valence electrons. The Morgan fingerprint density at radius 1 is 0.951 bits per heavy atom. The maximum absolute atomic E-state index is 13.7. The first-order chi connectivity index (χ1) is 19.7. The van der Waals surface area contributed by atoms with Gasteiger partial charge in [-0.05, 0) is 86.4 Å². The molecule has 0 saturated carbocycles. The topological polar surface area (TPSA) is 69.2 Å². The smallest absolute Gasteiger partial charge is 0.258 e. The van der Waals surface area contributed by atoms with Gasteiger partial charge in [-0.15, -0.1) is 0 Å². The number of hydrogen-bond donors (Lipinski definition) is 2. The van der Waals surface area contributed by atoms with Crippen LogP contribution in [0, 0.1) is 11.6 Å². The lowest BCUT2D eigenvalue weighted by atomic mass is 9.99. The van der Waals surface area contributed by atoms with E-state index in [-0.39, 0.29) is 11.9 Å². The number of carbonyl (C=O) groups is 1. The van der Waals surface area contributed by atoms with Gasteiger partial charge in [0.05, 0.1) is 12.1 Å². The van der Waals surface area contributed by atoms with E-state index in [0.717, 1.165) is 60.1 Å². The monoisotopic (exact) mass is 561 g/mol. The number of anilines is 2. The zero-order chi connectivity index (χ0) is 28.9. The minimum absolute atomic E-state index is 0.220. The van der Waals surface area contributed by atoms with Gasteiger partial charge in [0.25, 0.3) is 5.91 Å². The summed E-state index contributed by atoms with van der Waals surface area (Å²) in [5.74, 6) is -0.945. The largest absolute Gasteiger partial charge is 0.381 e. The number of aliphatic imine (C=N–C) groups is 1. The minimum Gasteiger partial charge on any atom is -0.381 e. The van der Waals surface area contributed by atoms with Crippen molar-refractivity contribution in [2.75, 3.05) is 57.7 Å². The molecule has 0 aliphatic carbocycles. The third-order valence-electron chi connectivity index (χ3n) is 7.55. The fourth-order valence-corrected chi connectivity index (χ4v) is 5.20. The Hall–Kier alpha value is -3.82. The second kappa shape index (κ2) is 12.8. The number of hydrogen-bond acceptors (Lipinski definition) is 6. The van der Waals surface area contributed by atoms with Crippen LogP contribution in [0.1, 0.15) is 45.5 Å². The number of rotatable bonds is 9. The van der Waals surface area contributed by atoms with Crippen LogP contribution in [0.4, 0.5) is 20.2 Å². The predicted molar refractivity (Wildman–Crippen MR) is 159 cm³/mol. The molecule has 0 bridgehead atoms. The fraction of sp³-hybridized carbons (Fsp3) is 0.375. The molecule has 3 aromatic carbocycles. The Bertz CT molecular complexity index is 1420. The van der Waals surface area contributed by atoms with Crippen LogP contribution in [0.5, 0.6) is 0 Å². The van der Waals surface area contributed by atoms with Gasteiger partial charge in [0.2, 0.25) is 0 Å². The van der Waals surface area contributed by atoms with Crippen molar-refractivity contribution < 1.29 is 18.3 Å². The van der Waals surface area contributed by atoms with E-state index in [0.29, 0.717) is 43.1 Å². The highest BCUT2D eigenvalue weighted by Crippen LogP contribution is 2.27. The molecule has 2 heterocycles. The highest BCUT2D eigenvalue weighted by atomic mass is 19.1. The number of amidine groups is 1. The Labute approximate surface area is 240 Å². The number of ether oxygens (including phenoxy) is 1. The molecule has 0 atom stereocenters. The third kappa shape index (κ3) is 7.28. The molecule has 2 aliphatic rings. The molecule has 41 heavy (non-hydrogen) atoms. The van der Waals surface area contributed by atoms with Crippen molar-refractivity contribution in [1.82, 2.24) is 10.2 Å². The van der Waals surface area contributed by atoms with Gasteiger partial charge >= 0.3 is 0 Å². The number of fused-ring (bicyclic) bond motifs is 1. The maximum atomic E-state index is 13.7. The molecule has 1 fully saturated rings. The molecule has 9 heteroatoms. The van der Waals surface area contributed by atoms with E-state index in [1.54, 1.807) is 0 Å². The number of benzene rings is 3. The number of likely N-dealkylation sites (N-methyl/N-ethyl adjacent to an activating group) is 2. The van der Waals surface area contributed by atoms with E-state index >= 15 is 0 Å². The highest BCUT2D eigenvalue weighted by Gasteiger charge is 2.23. The molecule has 0 spiro atoms. The van der Waals surface area contributed by atoms with Gasteiger partial charge in [0.15, 0.2) is 0 Å². The van der Waals surface area contributed by atoms with Crippen molar-refractivity contribution in [3.8, 4) is 0 Å². The van der Waals surface area contributed by atoms with Gasteiger partial charge in [-0.2, -0.15) is 0 Å². The average molecular weight is 562 g/mol. The van der Waals surface area contributed by atoms with Crippen molar-refractivity contribution in [2.45, 2.75) is 31.8 Å². The number of halogens is 2. The van der Waals surface area contributed by atoms with Gasteiger partial charge < -0.3 is 25.2 Å². The molecule has 0 aromatic heterocycles. The zero-order valence-corrected chi connectivity index (χ0v) is 23.8. The molecule has 1 saturated heterocycles. The summed E-state index contributed by atoms with van der Waals surface area (Å²) in [4.78, 5) is 22.6. The summed E-state index contributed by atoms with van der Waals surface area (Å²) in [5, 5.41) is 6.63. The normalized spacial score (nSPS) is 15.0. The van der Waals surface area contributed by atoms with Crippen LogP contribution in [-0.4, -0.2) is 70.1 Å². The maximum Gasteiger partial charge on any atom is 0.258 e. The molecule has 0 radical (unpaired) electrons. The molecule has 1 amide bonds. The minimum atomic E-state index is -0.601. The van der Waals surface area contributed by atoms with Crippen LogP contribution < -0.4 is 15.5 Å². The van der Waals surface area contributed by atoms with Crippen molar-refractivity contribution in [2.24, 2.45) is 4.99 Å². The van der Waals surface area contributed by atoms with E-state index < -0.39 is 11.6 Å². The van der Waals surface area contributed by atoms with Gasteiger partial charge in [-0.3, -0.25) is 9.79 Å². The fourth-order valence-electron chi connectivity index (χ4n) is 5.20. The van der Waals surface area contributed by atoms with E-state index in [2.05, 4.69) is 32.5 Å². The molecular formula is C32H37F2N5O2. The lowest BCUT2D eigenvalue weighted by Crippen LogP contribution is -2.33. The molecule has 2 N–H and O–H groups in total. The molecule has 2 aliphatic heterocycles. The van der Waals surface area contributed by atoms with Gasteiger partial charge in [0.1, 0.15) is 17.5 Å². The first kappa shape index (κ1) is 28.7. The standard InChI is InChI=1S/C32H37F2N5O2/c1-38(2)10-11-39(3)27-6-7-28(30(19-27)36-26-8-12-41-13-9-26)32(40)37-31-29-17-21(4-5-23(29)20-35-31)14-22-15-24(33)18-25(34)16-22/h4-7,15-19,26,36H,8-14,20H2,1-3H3,(H,35,37,40). The summed E-state index contributed by atoms with van der Waals surface area (Å²) in [7, 11) is 6.15. The van der Waals surface area contributed by atoms with Crippen molar-refractivity contribution >= 4 is 23.1 Å². The lowest BCUT2D eigenvalue weighted by molar-refractivity contribution is 0.0904. The quantitative estimate of drug-likeness (QED) is 0.392. The summed E-state index contributed by atoms with van der Waals surface area (Å²) >= 11 is 0. The molecular weight excluding hydrogens is 524 g/mol. The first-order valence-electron chi connectivity index (χ1n) is 14.0. The number of carbonyl (C=O) groups excluding carboxylic acids is 1. The Kier molecular flexibility index (Phi) is 8.95. The number of amides is 1. The second-order valence-corrected chi connectivity index (χ2v) is 11.1. The Morgan fingerprint density at radius 3 is 2.44 bits per heavy atom. The predicted octanol–water partition coefficient (Wildman–Crippen LogP) is 4.83.